The predicted molar refractivity (Wildman–Crippen MR) is 78.6 cm³/mol. The Bertz CT molecular complexity index is 634. The van der Waals surface area contributed by atoms with Gasteiger partial charge in [-0.05, 0) is 41.4 Å². The molecule has 0 saturated carbocycles. The number of rotatable bonds is 3. The highest BCUT2D eigenvalue weighted by molar-refractivity contribution is 9.10. The second kappa shape index (κ2) is 5.44. The number of amides is 2. The molecule has 1 heterocycles. The van der Waals surface area contributed by atoms with Gasteiger partial charge in [-0.1, -0.05) is 0 Å². The van der Waals surface area contributed by atoms with Gasteiger partial charge >= 0.3 is 0 Å². The zero-order valence-corrected chi connectivity index (χ0v) is 12.9. The fourth-order valence-electron chi connectivity index (χ4n) is 2.30. The average Bonchev–Trinajstić information content (AvgIpc) is 2.82. The highest BCUT2D eigenvalue weighted by Gasteiger charge is 2.41. The minimum atomic E-state index is -0.739. The highest BCUT2D eigenvalue weighted by Crippen LogP contribution is 2.31. The maximum Gasteiger partial charge on any atom is 0.284 e. The molecule has 0 radical (unpaired) electrons. The molecule has 1 aromatic carbocycles. The summed E-state index contributed by atoms with van der Waals surface area (Å²) < 4.78 is 0.312. The van der Waals surface area contributed by atoms with E-state index >= 15 is 0 Å². The van der Waals surface area contributed by atoms with Crippen LogP contribution in [-0.4, -0.2) is 34.7 Å². The lowest BCUT2D eigenvalue weighted by Crippen LogP contribution is -2.38. The maximum atomic E-state index is 12.4. The fourth-order valence-corrected chi connectivity index (χ4v) is 2.70. The van der Waals surface area contributed by atoms with Crippen LogP contribution in [0.5, 0.6) is 0 Å². The molecule has 1 aromatic rings. The van der Waals surface area contributed by atoms with E-state index in [2.05, 4.69) is 15.9 Å². The summed E-state index contributed by atoms with van der Waals surface area (Å²) in [5, 5.41) is 10.9. The van der Waals surface area contributed by atoms with Crippen LogP contribution in [-0.2, 0) is 4.79 Å². The van der Waals surface area contributed by atoms with Gasteiger partial charge in [-0.15, -0.1) is 0 Å². The van der Waals surface area contributed by atoms with Gasteiger partial charge in [-0.3, -0.25) is 19.7 Å². The maximum absolute atomic E-state index is 12.4. The van der Waals surface area contributed by atoms with Crippen LogP contribution in [0.15, 0.2) is 22.7 Å². The van der Waals surface area contributed by atoms with Crippen LogP contribution in [0, 0.1) is 15.5 Å². The van der Waals surface area contributed by atoms with Gasteiger partial charge in [0, 0.05) is 24.7 Å². The Kier molecular flexibility index (Phi) is 3.99. The molecule has 2 rings (SSSR count). The van der Waals surface area contributed by atoms with Gasteiger partial charge in [0.15, 0.2) is 0 Å². The monoisotopic (exact) mass is 355 g/mol. The van der Waals surface area contributed by atoms with E-state index in [9.17, 15) is 19.7 Å². The number of carbonyl (C=O) groups is 2. The number of benzene rings is 1. The second-order valence-electron chi connectivity index (χ2n) is 5.32. The van der Waals surface area contributed by atoms with E-state index in [-0.39, 0.29) is 23.7 Å². The number of carbonyl (C=O) groups excluding carboxylic acids is 2. The van der Waals surface area contributed by atoms with E-state index in [0.717, 1.165) is 0 Å². The number of nitrogens with two attached hydrogens (primary N) is 1. The molecule has 7 nitrogen and oxygen atoms in total. The van der Waals surface area contributed by atoms with Crippen molar-refractivity contribution in [1.82, 2.24) is 4.90 Å². The van der Waals surface area contributed by atoms with E-state index in [1.54, 1.807) is 6.92 Å². The van der Waals surface area contributed by atoms with Crippen molar-refractivity contribution in [1.29, 1.82) is 0 Å². The zero-order chi connectivity index (χ0) is 15.8. The van der Waals surface area contributed by atoms with Crippen LogP contribution < -0.4 is 5.73 Å². The Morgan fingerprint density at radius 2 is 2.14 bits per heavy atom. The summed E-state index contributed by atoms with van der Waals surface area (Å²) in [4.78, 5) is 35.6. The Balaban J connectivity index is 2.24. The van der Waals surface area contributed by atoms with E-state index in [1.165, 1.54) is 23.1 Å². The quantitative estimate of drug-likeness (QED) is 0.657. The van der Waals surface area contributed by atoms with Crippen LogP contribution in [0.4, 0.5) is 5.69 Å². The Labute approximate surface area is 129 Å². The number of hydrogen-bond donors (Lipinski definition) is 1. The predicted octanol–water partition coefficient (Wildman–Crippen LogP) is 1.69. The van der Waals surface area contributed by atoms with Crippen molar-refractivity contribution in [2.75, 3.05) is 13.1 Å². The molecule has 0 aromatic heterocycles. The van der Waals surface area contributed by atoms with Gasteiger partial charge in [-0.25, -0.2) is 0 Å². The molecule has 1 aliphatic rings. The Hall–Kier alpha value is -1.96. The number of hydrogen-bond acceptors (Lipinski definition) is 4. The number of nitrogens with zero attached hydrogens (tertiary/aromatic N) is 2. The lowest BCUT2D eigenvalue weighted by Gasteiger charge is -2.21. The summed E-state index contributed by atoms with van der Waals surface area (Å²) in [6, 6.07) is 4.21. The van der Waals surface area contributed by atoms with Gasteiger partial charge in [0.2, 0.25) is 5.91 Å². The minimum Gasteiger partial charge on any atom is -0.369 e. The fraction of sp³-hybridized carbons (Fsp3) is 0.385. The van der Waals surface area contributed by atoms with Crippen LogP contribution in [0.25, 0.3) is 0 Å². The lowest BCUT2D eigenvalue weighted by atomic mass is 9.89. The molecule has 0 bridgehead atoms. The van der Waals surface area contributed by atoms with Crippen LogP contribution in [0.3, 0.4) is 0 Å². The Morgan fingerprint density at radius 3 is 2.67 bits per heavy atom. The molecule has 0 aliphatic carbocycles. The largest absolute Gasteiger partial charge is 0.369 e. The van der Waals surface area contributed by atoms with Gasteiger partial charge in [0.1, 0.15) is 0 Å². The SMILES string of the molecule is CC1(C(N)=O)CCN(C(=O)c2ccc(Br)c([N+](=O)[O-])c2)C1. The molecule has 2 N–H and O–H groups in total. The molecule has 1 atom stereocenters. The second-order valence-corrected chi connectivity index (χ2v) is 6.18. The van der Waals surface area contributed by atoms with Crippen molar-refractivity contribution in [2.45, 2.75) is 13.3 Å². The third-order valence-electron chi connectivity index (χ3n) is 3.75. The van der Waals surface area contributed by atoms with E-state index in [4.69, 9.17) is 5.73 Å². The molecule has 1 aliphatic heterocycles. The highest BCUT2D eigenvalue weighted by atomic mass is 79.9. The first-order valence-electron chi connectivity index (χ1n) is 6.28. The van der Waals surface area contributed by atoms with E-state index < -0.39 is 16.2 Å². The molecule has 1 saturated heterocycles. The normalized spacial score (nSPS) is 21.3. The lowest BCUT2D eigenvalue weighted by molar-refractivity contribution is -0.385. The van der Waals surface area contributed by atoms with Crippen molar-refractivity contribution in [2.24, 2.45) is 11.1 Å². The number of likely N-dealkylation sites (tertiary alicyclic amines) is 1. The number of nitro benzene ring substituents is 1. The molecule has 21 heavy (non-hydrogen) atoms. The van der Waals surface area contributed by atoms with Crippen LogP contribution in [0.1, 0.15) is 23.7 Å². The summed E-state index contributed by atoms with van der Waals surface area (Å²) in [5.74, 6) is -0.782. The van der Waals surface area contributed by atoms with Crippen molar-refractivity contribution < 1.29 is 14.5 Å². The van der Waals surface area contributed by atoms with E-state index in [0.29, 0.717) is 17.4 Å². The van der Waals surface area contributed by atoms with Gasteiger partial charge < -0.3 is 10.6 Å². The smallest absolute Gasteiger partial charge is 0.284 e. The van der Waals surface area contributed by atoms with Crippen molar-refractivity contribution in [3.63, 3.8) is 0 Å². The first-order chi connectivity index (χ1) is 9.74. The zero-order valence-electron chi connectivity index (χ0n) is 11.3. The van der Waals surface area contributed by atoms with Crippen molar-refractivity contribution in [3.05, 3.63) is 38.3 Å². The third kappa shape index (κ3) is 2.90. The molecular weight excluding hydrogens is 342 g/mol. The number of halogens is 1. The molecule has 1 fully saturated rings. The summed E-state index contributed by atoms with van der Waals surface area (Å²) in [6.07, 6.45) is 0.493. The minimum absolute atomic E-state index is 0.169. The van der Waals surface area contributed by atoms with Crippen LogP contribution in [0.2, 0.25) is 0 Å². The standard InChI is InChI=1S/C13H14BrN3O4/c1-13(12(15)19)4-5-16(7-13)11(18)8-2-3-9(14)10(6-8)17(20)21/h2-3,6H,4-5,7H2,1H3,(H2,15,19). The molecular formula is C13H14BrN3O4. The average molecular weight is 356 g/mol. The van der Waals surface area contributed by atoms with Gasteiger partial charge in [0.05, 0.1) is 14.8 Å². The van der Waals surface area contributed by atoms with E-state index in [1.807, 2.05) is 0 Å². The van der Waals surface area contributed by atoms with Crippen LogP contribution >= 0.6 is 15.9 Å². The first kappa shape index (κ1) is 15.4. The summed E-state index contributed by atoms with van der Waals surface area (Å²) in [5.41, 5.74) is 4.66. The molecule has 1 unspecified atom stereocenters. The topological polar surface area (TPSA) is 107 Å². The summed E-state index contributed by atoms with van der Waals surface area (Å²) in [6.45, 7) is 2.35. The van der Waals surface area contributed by atoms with Crippen molar-refractivity contribution in [3.8, 4) is 0 Å². The molecule has 8 heteroatoms. The molecule has 112 valence electrons. The Morgan fingerprint density at radius 1 is 1.48 bits per heavy atom. The first-order valence-corrected chi connectivity index (χ1v) is 7.07. The van der Waals surface area contributed by atoms with Gasteiger partial charge in [-0.2, -0.15) is 0 Å². The third-order valence-corrected chi connectivity index (χ3v) is 4.42. The summed E-state index contributed by atoms with van der Waals surface area (Å²) >= 11 is 3.07. The molecule has 2 amide bonds. The van der Waals surface area contributed by atoms with Crippen molar-refractivity contribution >= 4 is 33.4 Å². The summed E-state index contributed by atoms with van der Waals surface area (Å²) in [7, 11) is 0. The number of nitro groups is 1. The van der Waals surface area contributed by atoms with Gasteiger partial charge in [0.25, 0.3) is 11.6 Å². The number of primary amides is 1. The molecule has 0 spiro atoms.